The Bertz CT molecular complexity index is 1450. The summed E-state index contributed by atoms with van der Waals surface area (Å²) >= 11 is 0. The molecule has 0 atom stereocenters. The van der Waals surface area contributed by atoms with Crippen molar-refractivity contribution in [1.29, 1.82) is 0 Å². The first-order chi connectivity index (χ1) is 20.7. The Hall–Kier alpha value is -3.62. The lowest BCUT2D eigenvalue weighted by atomic mass is 9.91. The highest BCUT2D eigenvalue weighted by Gasteiger charge is 2.50. The minimum absolute atomic E-state index is 0.156. The minimum Gasteiger partial charge on any atom is -0.493 e. The third-order valence-corrected chi connectivity index (χ3v) is 13.7. The first-order valence-corrected chi connectivity index (χ1v) is 17.4. The molecule has 8 heteroatoms. The SMILES string of the molecule is CCCOc1ccc2c(CCC3CCN(C(=O)O)CC3)noc2c1CO[Si](c1ccccc1)(c1ccccc1)C(C)(C)C. The normalized spacial score (nSPS) is 14.7. The van der Waals surface area contributed by atoms with Crippen LogP contribution < -0.4 is 15.1 Å². The van der Waals surface area contributed by atoms with Gasteiger partial charge in [0.05, 0.1) is 24.5 Å². The maximum Gasteiger partial charge on any atom is 0.407 e. The number of amides is 1. The monoisotopic (exact) mass is 600 g/mol. The molecule has 2 heterocycles. The first kappa shape index (κ1) is 30.8. The van der Waals surface area contributed by atoms with E-state index in [1.54, 1.807) is 0 Å². The van der Waals surface area contributed by atoms with Gasteiger partial charge in [-0.05, 0) is 65.6 Å². The molecule has 0 radical (unpaired) electrons. The van der Waals surface area contributed by atoms with E-state index < -0.39 is 14.4 Å². The molecule has 1 aliphatic heterocycles. The van der Waals surface area contributed by atoms with Crippen molar-refractivity contribution in [1.82, 2.24) is 10.1 Å². The molecule has 1 N–H and O–H groups in total. The molecule has 3 aromatic carbocycles. The van der Waals surface area contributed by atoms with Crippen LogP contribution in [0.5, 0.6) is 5.75 Å². The zero-order valence-corrected chi connectivity index (χ0v) is 26.8. The number of rotatable bonds is 11. The predicted molar refractivity (Wildman–Crippen MR) is 173 cm³/mol. The molecule has 7 nitrogen and oxygen atoms in total. The van der Waals surface area contributed by atoms with E-state index in [0.29, 0.717) is 32.2 Å². The van der Waals surface area contributed by atoms with Crippen LogP contribution in [0.15, 0.2) is 77.3 Å². The summed E-state index contributed by atoms with van der Waals surface area (Å²) in [6, 6.07) is 25.4. The summed E-state index contributed by atoms with van der Waals surface area (Å²) in [6.45, 7) is 11.1. The van der Waals surface area contributed by atoms with Gasteiger partial charge < -0.3 is 23.7 Å². The number of benzene rings is 3. The Kier molecular flexibility index (Phi) is 9.57. The summed E-state index contributed by atoms with van der Waals surface area (Å²) in [4.78, 5) is 12.8. The zero-order valence-electron chi connectivity index (χ0n) is 25.8. The Balaban J connectivity index is 1.47. The Labute approximate surface area is 255 Å². The molecule has 228 valence electrons. The maximum absolute atomic E-state index is 11.3. The van der Waals surface area contributed by atoms with Crippen LogP contribution in [0.3, 0.4) is 0 Å². The maximum atomic E-state index is 11.3. The van der Waals surface area contributed by atoms with Gasteiger partial charge in [0, 0.05) is 18.5 Å². The van der Waals surface area contributed by atoms with Crippen LogP contribution in [0.2, 0.25) is 5.04 Å². The third-order valence-electron chi connectivity index (χ3n) is 8.76. The zero-order chi connectivity index (χ0) is 30.5. The summed E-state index contributed by atoms with van der Waals surface area (Å²) in [6.07, 6.45) is 3.58. The number of hydrogen-bond donors (Lipinski definition) is 1. The van der Waals surface area contributed by atoms with E-state index in [-0.39, 0.29) is 5.04 Å². The topological polar surface area (TPSA) is 85.0 Å². The van der Waals surface area contributed by atoms with E-state index in [2.05, 4.69) is 99.6 Å². The molecular formula is C35H44N2O5Si. The molecule has 0 unspecified atom stereocenters. The van der Waals surface area contributed by atoms with Gasteiger partial charge in [0.15, 0.2) is 5.58 Å². The van der Waals surface area contributed by atoms with Crippen LogP contribution in [-0.2, 0) is 17.5 Å². The summed E-state index contributed by atoms with van der Waals surface area (Å²) in [5.74, 6) is 1.25. The number of nitrogens with zero attached hydrogens (tertiary/aromatic N) is 2. The van der Waals surface area contributed by atoms with Crippen molar-refractivity contribution < 1.29 is 23.6 Å². The number of aromatic nitrogens is 1. The summed E-state index contributed by atoms with van der Waals surface area (Å²) in [5.41, 5.74) is 2.55. The van der Waals surface area contributed by atoms with Crippen LogP contribution in [0.4, 0.5) is 4.79 Å². The van der Waals surface area contributed by atoms with Crippen molar-refractivity contribution in [2.45, 2.75) is 71.4 Å². The van der Waals surface area contributed by atoms with Gasteiger partial charge in [0.1, 0.15) is 5.75 Å². The summed E-state index contributed by atoms with van der Waals surface area (Å²) in [5, 5.41) is 17.1. The highest BCUT2D eigenvalue weighted by molar-refractivity contribution is 6.99. The summed E-state index contributed by atoms with van der Waals surface area (Å²) in [7, 11) is -2.78. The first-order valence-electron chi connectivity index (χ1n) is 15.5. The molecule has 1 aromatic heterocycles. The second-order valence-electron chi connectivity index (χ2n) is 12.6. The number of aryl methyl sites for hydroxylation is 1. The molecule has 1 saturated heterocycles. The van der Waals surface area contributed by atoms with Gasteiger partial charge in [-0.25, -0.2) is 4.79 Å². The smallest absolute Gasteiger partial charge is 0.407 e. The van der Waals surface area contributed by atoms with E-state index in [1.165, 1.54) is 15.3 Å². The van der Waals surface area contributed by atoms with E-state index in [4.69, 9.17) is 13.7 Å². The number of piperidine rings is 1. The van der Waals surface area contributed by atoms with Gasteiger partial charge in [-0.3, -0.25) is 0 Å². The molecule has 0 aliphatic carbocycles. The molecule has 1 aliphatic rings. The fraction of sp³-hybridized carbons (Fsp3) is 0.429. The van der Waals surface area contributed by atoms with Crippen molar-refractivity contribution in [2.75, 3.05) is 19.7 Å². The highest BCUT2D eigenvalue weighted by atomic mass is 28.4. The lowest BCUT2D eigenvalue weighted by Crippen LogP contribution is -2.66. The number of carbonyl (C=O) groups is 1. The van der Waals surface area contributed by atoms with Crippen molar-refractivity contribution in [3.8, 4) is 5.75 Å². The number of likely N-dealkylation sites (tertiary alicyclic amines) is 1. The van der Waals surface area contributed by atoms with Crippen molar-refractivity contribution in [3.05, 3.63) is 84.1 Å². The fourth-order valence-corrected chi connectivity index (χ4v) is 11.0. The quantitative estimate of drug-likeness (QED) is 0.186. The predicted octanol–water partition coefficient (Wildman–Crippen LogP) is 7.02. The molecule has 0 saturated carbocycles. The molecule has 0 spiro atoms. The van der Waals surface area contributed by atoms with Crippen molar-refractivity contribution >= 4 is 35.8 Å². The van der Waals surface area contributed by atoms with Gasteiger partial charge in [-0.2, -0.15) is 0 Å². The van der Waals surface area contributed by atoms with E-state index in [9.17, 15) is 9.90 Å². The largest absolute Gasteiger partial charge is 0.493 e. The van der Waals surface area contributed by atoms with Crippen LogP contribution in [0.25, 0.3) is 11.0 Å². The lowest BCUT2D eigenvalue weighted by Gasteiger charge is -2.43. The van der Waals surface area contributed by atoms with Gasteiger partial charge in [-0.15, -0.1) is 0 Å². The van der Waals surface area contributed by atoms with Gasteiger partial charge in [-0.1, -0.05) is 93.5 Å². The van der Waals surface area contributed by atoms with Crippen LogP contribution in [-0.4, -0.2) is 49.3 Å². The van der Waals surface area contributed by atoms with E-state index in [0.717, 1.165) is 60.1 Å². The standard InChI is InChI=1S/C35H44N2O5Si/c1-5-24-40-32-19-17-29-31(18-16-26-20-22-37(23-21-26)34(38)39)36-42-33(29)30(32)25-41-43(35(2,3)4,27-12-8-6-9-13-27)28-14-10-7-11-15-28/h6-15,17,19,26H,5,16,18,20-25H2,1-4H3,(H,38,39). The third kappa shape index (κ3) is 6.50. The molecule has 4 aromatic rings. The van der Waals surface area contributed by atoms with Crippen LogP contribution >= 0.6 is 0 Å². The number of fused-ring (bicyclic) bond motifs is 1. The summed E-state index contributed by atoms with van der Waals surface area (Å²) < 4.78 is 19.6. The molecule has 43 heavy (non-hydrogen) atoms. The Morgan fingerprint density at radius 2 is 1.63 bits per heavy atom. The second kappa shape index (κ2) is 13.3. The van der Waals surface area contributed by atoms with Gasteiger partial charge in [0.25, 0.3) is 8.32 Å². The average Bonchev–Trinajstić information content (AvgIpc) is 3.43. The Morgan fingerprint density at radius 1 is 1.00 bits per heavy atom. The minimum atomic E-state index is -2.78. The van der Waals surface area contributed by atoms with E-state index in [1.807, 2.05) is 6.07 Å². The number of carboxylic acid groups (broad SMARTS) is 1. The second-order valence-corrected chi connectivity index (χ2v) is 16.9. The van der Waals surface area contributed by atoms with Crippen LogP contribution in [0, 0.1) is 5.92 Å². The Morgan fingerprint density at radius 3 is 2.19 bits per heavy atom. The average molecular weight is 601 g/mol. The van der Waals surface area contributed by atoms with Crippen LogP contribution in [0.1, 0.15) is 64.6 Å². The number of hydrogen-bond acceptors (Lipinski definition) is 5. The molecule has 0 bridgehead atoms. The van der Waals surface area contributed by atoms with Crippen molar-refractivity contribution in [3.63, 3.8) is 0 Å². The number of ether oxygens (including phenoxy) is 1. The van der Waals surface area contributed by atoms with E-state index >= 15 is 0 Å². The van der Waals surface area contributed by atoms with Gasteiger partial charge in [0.2, 0.25) is 0 Å². The van der Waals surface area contributed by atoms with Gasteiger partial charge >= 0.3 is 6.09 Å². The lowest BCUT2D eigenvalue weighted by molar-refractivity contribution is 0.123. The molecule has 1 fully saturated rings. The fourth-order valence-electron chi connectivity index (χ4n) is 6.45. The highest BCUT2D eigenvalue weighted by Crippen LogP contribution is 2.39. The van der Waals surface area contributed by atoms with Crippen molar-refractivity contribution in [2.24, 2.45) is 5.92 Å². The molecular weight excluding hydrogens is 556 g/mol. The molecule has 5 rings (SSSR count). The molecule has 1 amide bonds.